The van der Waals surface area contributed by atoms with Gasteiger partial charge < -0.3 is 19.1 Å². The minimum atomic E-state index is -0.920. The number of hydrogen-bond donors (Lipinski definition) is 0. The highest BCUT2D eigenvalue weighted by molar-refractivity contribution is 5.92. The molecule has 0 amide bonds. The first-order valence-corrected chi connectivity index (χ1v) is 12.7. The topological polar surface area (TPSA) is 91.1 Å². The standard InChI is InChI=1S/C28H32N2O6/c1-15(30(32)33)23(16-5-8-18(34-3)9-6-16)19-14-20-21-13-17-7-10-22(35-4)26-24(17)28(20,11-12-29(21)2)27(36-26)25(19)31/h5-10,15,19-21,23,27H,11-14H2,1-4H3/t15?,19?,20-,21+,23?,27-,28-/m0/s1. The molecule has 2 aliphatic carbocycles. The van der Waals surface area contributed by atoms with Crippen LogP contribution in [-0.4, -0.2) is 61.6 Å². The number of methoxy groups -OCH3 is 2. The molecule has 4 aliphatic rings. The van der Waals surface area contributed by atoms with Crippen LogP contribution in [-0.2, 0) is 16.6 Å². The second-order valence-electron chi connectivity index (χ2n) is 10.8. The van der Waals surface area contributed by atoms with Gasteiger partial charge in [0.25, 0.3) is 0 Å². The maximum absolute atomic E-state index is 14.4. The van der Waals surface area contributed by atoms with Crippen LogP contribution < -0.4 is 14.2 Å². The van der Waals surface area contributed by atoms with E-state index in [0.29, 0.717) is 23.7 Å². The maximum atomic E-state index is 14.4. The Morgan fingerprint density at radius 1 is 1.17 bits per heavy atom. The highest BCUT2D eigenvalue weighted by atomic mass is 16.6. The smallest absolute Gasteiger partial charge is 0.217 e. The molecule has 8 heteroatoms. The molecule has 2 aromatic rings. The Morgan fingerprint density at radius 3 is 2.58 bits per heavy atom. The molecule has 8 nitrogen and oxygen atoms in total. The van der Waals surface area contributed by atoms with Gasteiger partial charge in [-0.25, -0.2) is 0 Å². The molecular formula is C28H32N2O6. The summed E-state index contributed by atoms with van der Waals surface area (Å²) >= 11 is 0. The Balaban J connectivity index is 1.49. The summed E-state index contributed by atoms with van der Waals surface area (Å²) in [5.41, 5.74) is 2.77. The van der Waals surface area contributed by atoms with Crippen LogP contribution in [0.3, 0.4) is 0 Å². The van der Waals surface area contributed by atoms with Crippen molar-refractivity contribution in [3.63, 3.8) is 0 Å². The van der Waals surface area contributed by atoms with Crippen LogP contribution in [0.5, 0.6) is 17.2 Å². The van der Waals surface area contributed by atoms with Gasteiger partial charge in [-0.15, -0.1) is 0 Å². The molecule has 0 N–H and O–H groups in total. The van der Waals surface area contributed by atoms with Crippen LogP contribution in [0.1, 0.15) is 42.4 Å². The number of likely N-dealkylation sites (tertiary alicyclic amines) is 1. The normalized spacial score (nSPS) is 31.7. The number of Topliss-reactive ketones (excluding diaryl/α,β-unsaturated/α-hetero) is 1. The second-order valence-corrected chi connectivity index (χ2v) is 10.8. The fourth-order valence-electron chi connectivity index (χ4n) is 7.83. The molecule has 1 saturated heterocycles. The number of ketones is 1. The van der Waals surface area contributed by atoms with Crippen molar-refractivity contribution >= 4 is 5.78 Å². The SMILES string of the molecule is COc1ccc(C(C2C[C@H]3[C@H]4Cc5ccc(OC)c6c5[C@@]3(CCN4C)[C@@H](O6)C2=O)C(C)[N+](=O)[O-])cc1. The van der Waals surface area contributed by atoms with Gasteiger partial charge in [-0.05, 0) is 68.1 Å². The predicted molar refractivity (Wildman–Crippen MR) is 133 cm³/mol. The van der Waals surface area contributed by atoms with Gasteiger partial charge in [0.2, 0.25) is 6.04 Å². The van der Waals surface area contributed by atoms with Crippen LogP contribution in [0.15, 0.2) is 36.4 Å². The van der Waals surface area contributed by atoms with Crippen LogP contribution in [0, 0.1) is 22.0 Å². The summed E-state index contributed by atoms with van der Waals surface area (Å²) in [5, 5.41) is 12.1. The van der Waals surface area contributed by atoms with E-state index >= 15 is 0 Å². The number of likely N-dealkylation sites (N-methyl/N-ethyl adjacent to an activating group) is 1. The Morgan fingerprint density at radius 2 is 1.92 bits per heavy atom. The number of benzene rings is 2. The monoisotopic (exact) mass is 492 g/mol. The Hall–Kier alpha value is -3.13. The molecule has 190 valence electrons. The van der Waals surface area contributed by atoms with Gasteiger partial charge in [0.1, 0.15) is 5.75 Å². The molecule has 2 heterocycles. The van der Waals surface area contributed by atoms with Gasteiger partial charge in [0, 0.05) is 34.8 Å². The predicted octanol–water partition coefficient (Wildman–Crippen LogP) is 3.62. The third-order valence-electron chi connectivity index (χ3n) is 9.51. The number of carbonyl (C=O) groups is 1. The molecule has 2 aliphatic heterocycles. The van der Waals surface area contributed by atoms with E-state index in [0.717, 1.165) is 30.5 Å². The van der Waals surface area contributed by atoms with E-state index in [2.05, 4.69) is 18.0 Å². The Labute approximate surface area is 210 Å². The molecule has 1 spiro atoms. The van der Waals surface area contributed by atoms with Crippen LogP contribution in [0.2, 0.25) is 0 Å². The third kappa shape index (κ3) is 3.00. The summed E-state index contributed by atoms with van der Waals surface area (Å²) in [5.74, 6) is 1.11. The molecule has 3 unspecified atom stereocenters. The molecule has 1 saturated carbocycles. The van der Waals surface area contributed by atoms with Gasteiger partial charge in [0.15, 0.2) is 23.4 Å². The zero-order valence-corrected chi connectivity index (χ0v) is 21.1. The molecule has 2 aromatic carbocycles. The van der Waals surface area contributed by atoms with Crippen molar-refractivity contribution in [2.24, 2.45) is 11.8 Å². The lowest BCUT2D eigenvalue weighted by molar-refractivity contribution is -0.523. The molecule has 36 heavy (non-hydrogen) atoms. The zero-order chi connectivity index (χ0) is 25.4. The number of carbonyl (C=O) groups excluding carboxylic acids is 1. The quantitative estimate of drug-likeness (QED) is 0.449. The minimum absolute atomic E-state index is 0.0184. The first kappa shape index (κ1) is 23.3. The molecule has 0 radical (unpaired) electrons. The summed E-state index contributed by atoms with van der Waals surface area (Å²) in [4.78, 5) is 28.6. The lowest BCUT2D eigenvalue weighted by atomic mass is 9.48. The highest BCUT2D eigenvalue weighted by Crippen LogP contribution is 2.64. The average Bonchev–Trinajstić information content (AvgIpc) is 3.23. The van der Waals surface area contributed by atoms with E-state index in [4.69, 9.17) is 14.2 Å². The van der Waals surface area contributed by atoms with Crippen LogP contribution in [0.4, 0.5) is 0 Å². The van der Waals surface area contributed by atoms with E-state index in [1.165, 1.54) is 5.56 Å². The van der Waals surface area contributed by atoms with Crippen LogP contribution >= 0.6 is 0 Å². The number of rotatable bonds is 6. The second kappa shape index (κ2) is 8.20. The van der Waals surface area contributed by atoms with Gasteiger partial charge in [-0.1, -0.05) is 18.2 Å². The van der Waals surface area contributed by atoms with Crippen molar-refractivity contribution < 1.29 is 23.9 Å². The summed E-state index contributed by atoms with van der Waals surface area (Å²) in [7, 11) is 5.37. The van der Waals surface area contributed by atoms with Crippen molar-refractivity contribution in [2.75, 3.05) is 27.8 Å². The largest absolute Gasteiger partial charge is 0.497 e. The van der Waals surface area contributed by atoms with E-state index in [1.54, 1.807) is 21.1 Å². The Kier molecular flexibility index (Phi) is 5.30. The molecule has 7 atom stereocenters. The summed E-state index contributed by atoms with van der Waals surface area (Å²) in [6.07, 6.45) is 1.67. The van der Waals surface area contributed by atoms with E-state index in [9.17, 15) is 14.9 Å². The molecule has 2 fully saturated rings. The third-order valence-corrected chi connectivity index (χ3v) is 9.51. The molecule has 2 bridgehead atoms. The number of piperidine rings is 1. The van der Waals surface area contributed by atoms with Crippen molar-refractivity contribution in [3.8, 4) is 17.2 Å². The van der Waals surface area contributed by atoms with Gasteiger partial charge in [-0.2, -0.15) is 0 Å². The molecule has 0 aromatic heterocycles. The number of hydrogen-bond acceptors (Lipinski definition) is 7. The highest BCUT2D eigenvalue weighted by Gasteiger charge is 2.68. The van der Waals surface area contributed by atoms with Crippen molar-refractivity contribution in [1.82, 2.24) is 4.90 Å². The lowest BCUT2D eigenvalue weighted by Gasteiger charge is -2.58. The number of nitro groups is 1. The first-order valence-electron chi connectivity index (χ1n) is 12.7. The molecular weight excluding hydrogens is 460 g/mol. The van der Waals surface area contributed by atoms with Crippen LogP contribution in [0.25, 0.3) is 0 Å². The first-order chi connectivity index (χ1) is 17.3. The average molecular weight is 493 g/mol. The summed E-state index contributed by atoms with van der Waals surface area (Å²) in [6, 6.07) is 10.7. The number of ether oxygens (including phenoxy) is 3. The van der Waals surface area contributed by atoms with Gasteiger partial charge in [0.05, 0.1) is 20.1 Å². The molecule has 6 rings (SSSR count). The van der Waals surface area contributed by atoms with E-state index in [1.807, 2.05) is 30.3 Å². The summed E-state index contributed by atoms with van der Waals surface area (Å²) in [6.45, 7) is 2.51. The van der Waals surface area contributed by atoms with Gasteiger partial charge in [-0.3, -0.25) is 14.9 Å². The van der Waals surface area contributed by atoms with Crippen molar-refractivity contribution in [2.45, 2.75) is 55.7 Å². The fourth-order valence-corrected chi connectivity index (χ4v) is 7.83. The number of nitrogens with zero attached hydrogens (tertiary/aromatic N) is 2. The van der Waals surface area contributed by atoms with Crippen molar-refractivity contribution in [3.05, 3.63) is 63.2 Å². The summed E-state index contributed by atoms with van der Waals surface area (Å²) < 4.78 is 17.5. The van der Waals surface area contributed by atoms with E-state index < -0.39 is 29.4 Å². The fraction of sp³-hybridized carbons (Fsp3) is 0.536. The lowest BCUT2D eigenvalue weighted by Crippen LogP contribution is -2.67. The van der Waals surface area contributed by atoms with Gasteiger partial charge >= 0.3 is 0 Å². The Bertz CT molecular complexity index is 1230. The van der Waals surface area contributed by atoms with Crippen molar-refractivity contribution in [1.29, 1.82) is 0 Å². The maximum Gasteiger partial charge on any atom is 0.217 e. The zero-order valence-electron chi connectivity index (χ0n) is 21.1. The minimum Gasteiger partial charge on any atom is -0.497 e. The van der Waals surface area contributed by atoms with E-state index in [-0.39, 0.29) is 22.7 Å².